The van der Waals surface area contributed by atoms with Crippen molar-refractivity contribution >= 4 is 11.3 Å². The Kier molecular flexibility index (Phi) is 2.54. The summed E-state index contributed by atoms with van der Waals surface area (Å²) in [6.45, 7) is 8.01. The smallest absolute Gasteiger partial charge is 0.0946 e. The maximum absolute atomic E-state index is 9.84. The molecule has 0 bridgehead atoms. The molecule has 3 heteroatoms. The zero-order valence-electron chi connectivity index (χ0n) is 7.96. The fourth-order valence-corrected chi connectivity index (χ4v) is 1.95. The van der Waals surface area contributed by atoms with Gasteiger partial charge >= 0.3 is 0 Å². The molecule has 0 amide bonds. The van der Waals surface area contributed by atoms with Crippen LogP contribution in [0.15, 0.2) is 6.20 Å². The number of nitrogens with zero attached hydrogens (tertiary/aromatic N) is 1. The van der Waals surface area contributed by atoms with Gasteiger partial charge in [-0.3, -0.25) is 0 Å². The lowest BCUT2D eigenvalue weighted by atomic mass is 9.89. The third-order valence-corrected chi connectivity index (χ3v) is 2.69. The van der Waals surface area contributed by atoms with E-state index in [9.17, 15) is 5.11 Å². The number of thiazole rings is 1. The van der Waals surface area contributed by atoms with E-state index in [4.69, 9.17) is 0 Å². The molecular weight excluding hydrogens is 170 g/mol. The molecule has 1 unspecified atom stereocenters. The number of aryl methyl sites for hydroxylation is 1. The van der Waals surface area contributed by atoms with Crippen molar-refractivity contribution in [1.29, 1.82) is 0 Å². The van der Waals surface area contributed by atoms with Crippen LogP contribution in [0.3, 0.4) is 0 Å². The van der Waals surface area contributed by atoms with Crippen LogP contribution in [-0.4, -0.2) is 10.1 Å². The van der Waals surface area contributed by atoms with E-state index in [1.807, 2.05) is 27.7 Å². The number of rotatable bonds is 1. The minimum absolute atomic E-state index is 0.0982. The van der Waals surface area contributed by atoms with Gasteiger partial charge in [-0.05, 0) is 12.3 Å². The van der Waals surface area contributed by atoms with Crippen LogP contribution in [-0.2, 0) is 0 Å². The van der Waals surface area contributed by atoms with Gasteiger partial charge in [0.15, 0.2) is 0 Å². The van der Waals surface area contributed by atoms with E-state index in [2.05, 4.69) is 4.98 Å². The number of aromatic nitrogens is 1. The third-order valence-electron chi connectivity index (χ3n) is 1.73. The topological polar surface area (TPSA) is 33.1 Å². The maximum Gasteiger partial charge on any atom is 0.0946 e. The first-order chi connectivity index (χ1) is 5.41. The molecule has 0 aliphatic rings. The molecule has 68 valence electrons. The molecule has 0 saturated carbocycles. The highest BCUT2D eigenvalue weighted by Gasteiger charge is 2.25. The van der Waals surface area contributed by atoms with Crippen LogP contribution in [0.4, 0.5) is 0 Å². The van der Waals surface area contributed by atoms with E-state index in [-0.39, 0.29) is 5.41 Å². The summed E-state index contributed by atoms with van der Waals surface area (Å²) in [7, 11) is 0. The second-order valence-electron chi connectivity index (χ2n) is 4.05. The first-order valence-electron chi connectivity index (χ1n) is 4.01. The lowest BCUT2D eigenvalue weighted by Crippen LogP contribution is -2.16. The predicted octanol–water partition coefficient (Wildman–Crippen LogP) is 2.53. The lowest BCUT2D eigenvalue weighted by Gasteiger charge is -2.24. The summed E-state index contributed by atoms with van der Waals surface area (Å²) in [4.78, 5) is 5.07. The maximum atomic E-state index is 9.84. The Bertz CT molecular complexity index is 262. The van der Waals surface area contributed by atoms with Gasteiger partial charge in [-0.15, -0.1) is 11.3 Å². The summed E-state index contributed by atoms with van der Waals surface area (Å²) < 4.78 is 0. The molecule has 0 radical (unpaired) electrons. The molecular formula is C9H15NOS. The molecule has 0 aromatic carbocycles. The number of hydrogen-bond donors (Lipinski definition) is 1. The molecule has 0 fully saturated rings. The van der Waals surface area contributed by atoms with Crippen molar-refractivity contribution in [3.63, 3.8) is 0 Å². The molecule has 12 heavy (non-hydrogen) atoms. The van der Waals surface area contributed by atoms with Crippen LogP contribution in [0.5, 0.6) is 0 Å². The first kappa shape index (κ1) is 9.68. The van der Waals surface area contributed by atoms with Crippen LogP contribution in [0.1, 0.15) is 36.8 Å². The summed E-state index contributed by atoms with van der Waals surface area (Å²) in [5, 5.41) is 10.8. The summed E-state index contributed by atoms with van der Waals surface area (Å²) in [6, 6.07) is 0. The minimum atomic E-state index is -0.399. The van der Waals surface area contributed by atoms with E-state index in [0.717, 1.165) is 9.88 Å². The largest absolute Gasteiger partial charge is 0.387 e. The summed E-state index contributed by atoms with van der Waals surface area (Å²) >= 11 is 1.56. The molecule has 1 rings (SSSR count). The molecule has 1 heterocycles. The third kappa shape index (κ3) is 2.05. The first-order valence-corrected chi connectivity index (χ1v) is 4.83. The lowest BCUT2D eigenvalue weighted by molar-refractivity contribution is 0.0656. The van der Waals surface area contributed by atoms with Gasteiger partial charge in [-0.25, -0.2) is 4.98 Å². The van der Waals surface area contributed by atoms with E-state index in [1.165, 1.54) is 0 Å². The number of aliphatic hydroxyl groups excluding tert-OH is 1. The van der Waals surface area contributed by atoms with E-state index >= 15 is 0 Å². The van der Waals surface area contributed by atoms with Crippen LogP contribution in [0, 0.1) is 12.3 Å². The van der Waals surface area contributed by atoms with E-state index in [0.29, 0.717) is 0 Å². The average molecular weight is 185 g/mol. The normalized spacial score (nSPS) is 14.8. The van der Waals surface area contributed by atoms with Crippen LogP contribution in [0.2, 0.25) is 0 Å². The van der Waals surface area contributed by atoms with Crippen molar-refractivity contribution in [2.24, 2.45) is 5.41 Å². The van der Waals surface area contributed by atoms with Crippen molar-refractivity contribution in [2.75, 3.05) is 0 Å². The van der Waals surface area contributed by atoms with Crippen LogP contribution < -0.4 is 0 Å². The second-order valence-corrected chi connectivity index (χ2v) is 5.32. The highest BCUT2D eigenvalue weighted by atomic mass is 32.1. The van der Waals surface area contributed by atoms with Gasteiger partial charge in [0.05, 0.1) is 16.0 Å². The van der Waals surface area contributed by atoms with Crippen molar-refractivity contribution in [3.05, 3.63) is 16.1 Å². The molecule has 1 aromatic heterocycles. The number of aliphatic hydroxyl groups is 1. The van der Waals surface area contributed by atoms with Crippen molar-refractivity contribution in [3.8, 4) is 0 Å². The molecule has 0 aliphatic carbocycles. The average Bonchev–Trinajstić information content (AvgIpc) is 2.32. The molecule has 1 N–H and O–H groups in total. The number of hydrogen-bond acceptors (Lipinski definition) is 3. The second kappa shape index (κ2) is 3.15. The van der Waals surface area contributed by atoms with E-state index < -0.39 is 6.10 Å². The SMILES string of the molecule is Cc1ncc(C(O)C(C)(C)C)s1. The molecule has 2 nitrogen and oxygen atoms in total. The molecule has 1 atom stereocenters. The highest BCUT2D eigenvalue weighted by Crippen LogP contribution is 2.34. The van der Waals surface area contributed by atoms with Crippen LogP contribution in [0.25, 0.3) is 0 Å². The van der Waals surface area contributed by atoms with Gasteiger partial charge in [0.2, 0.25) is 0 Å². The quantitative estimate of drug-likeness (QED) is 0.729. The van der Waals surface area contributed by atoms with Gasteiger partial charge in [0.1, 0.15) is 0 Å². The molecule has 1 aromatic rings. The standard InChI is InChI=1S/C9H15NOS/c1-6-10-5-7(12-6)8(11)9(2,3)4/h5,8,11H,1-4H3. The summed E-state index contributed by atoms with van der Waals surface area (Å²) in [6.07, 6.45) is 1.36. The van der Waals surface area contributed by atoms with Crippen LogP contribution >= 0.6 is 11.3 Å². The monoisotopic (exact) mass is 185 g/mol. The molecule has 0 saturated heterocycles. The highest BCUT2D eigenvalue weighted by molar-refractivity contribution is 7.11. The van der Waals surface area contributed by atoms with Gasteiger partial charge < -0.3 is 5.11 Å². The Morgan fingerprint density at radius 1 is 1.50 bits per heavy atom. The van der Waals surface area contributed by atoms with Gasteiger partial charge in [0.25, 0.3) is 0 Å². The van der Waals surface area contributed by atoms with Crippen molar-refractivity contribution in [1.82, 2.24) is 4.98 Å². The predicted molar refractivity (Wildman–Crippen MR) is 51.3 cm³/mol. The Morgan fingerprint density at radius 3 is 2.42 bits per heavy atom. The Balaban J connectivity index is 2.85. The van der Waals surface area contributed by atoms with Crippen molar-refractivity contribution < 1.29 is 5.11 Å². The van der Waals surface area contributed by atoms with Gasteiger partial charge in [0, 0.05) is 6.20 Å². The summed E-state index contributed by atoms with van der Waals surface area (Å²) in [5.74, 6) is 0. The van der Waals surface area contributed by atoms with Gasteiger partial charge in [-0.2, -0.15) is 0 Å². The van der Waals surface area contributed by atoms with Gasteiger partial charge in [-0.1, -0.05) is 20.8 Å². The fraction of sp³-hybridized carbons (Fsp3) is 0.667. The Hall–Kier alpha value is -0.410. The Morgan fingerprint density at radius 2 is 2.08 bits per heavy atom. The fourth-order valence-electron chi connectivity index (χ4n) is 0.931. The summed E-state index contributed by atoms with van der Waals surface area (Å²) in [5.41, 5.74) is -0.0982. The van der Waals surface area contributed by atoms with Crippen molar-refractivity contribution in [2.45, 2.75) is 33.8 Å². The van der Waals surface area contributed by atoms with E-state index in [1.54, 1.807) is 17.5 Å². The zero-order valence-corrected chi connectivity index (χ0v) is 8.77. The minimum Gasteiger partial charge on any atom is -0.387 e. The molecule has 0 aliphatic heterocycles. The molecule has 0 spiro atoms. The Labute approximate surface area is 77.3 Å². The zero-order chi connectivity index (χ0) is 9.35.